The zero-order valence-corrected chi connectivity index (χ0v) is 13.5. The second-order valence-corrected chi connectivity index (χ2v) is 6.29. The number of hydrogen-bond acceptors (Lipinski definition) is 0. The molecular weight excluding hydrogens is 228 g/mol. The van der Waals surface area contributed by atoms with Crippen molar-refractivity contribution in [2.45, 2.75) is 72.6 Å². The fraction of sp³-hybridized carbons (Fsp3) is 0.684. The Kier molecular flexibility index (Phi) is 6.62. The summed E-state index contributed by atoms with van der Waals surface area (Å²) in [4.78, 5) is 0. The Labute approximate surface area is 120 Å². The lowest BCUT2D eigenvalue weighted by atomic mass is 9.70. The molecule has 0 heterocycles. The summed E-state index contributed by atoms with van der Waals surface area (Å²) in [5.74, 6) is 1.57. The molecule has 2 atom stereocenters. The zero-order chi connectivity index (χ0) is 14.4. The van der Waals surface area contributed by atoms with Crippen LogP contribution in [0.4, 0.5) is 0 Å². The first-order valence-electron chi connectivity index (χ1n) is 8.03. The molecule has 1 aliphatic carbocycles. The van der Waals surface area contributed by atoms with Crippen molar-refractivity contribution in [1.82, 2.24) is 0 Å². The van der Waals surface area contributed by atoms with Gasteiger partial charge in [0, 0.05) is 0 Å². The van der Waals surface area contributed by atoms with Crippen LogP contribution in [0.2, 0.25) is 0 Å². The Morgan fingerprint density at radius 3 is 2.47 bits per heavy atom. The van der Waals surface area contributed by atoms with E-state index in [1.54, 1.807) is 11.1 Å². The van der Waals surface area contributed by atoms with Crippen molar-refractivity contribution < 1.29 is 0 Å². The standard InChI is InChI=1S/C19H32/c1-7-9-10-18-12-11-17(8-2)19(16(18)6)13-15(5)14(3)4/h17,19H,3,5,7-13H2,1-2,4,6H3/t17?,19-/m1/s1. The molecule has 108 valence electrons. The Morgan fingerprint density at radius 1 is 1.26 bits per heavy atom. The monoisotopic (exact) mass is 260 g/mol. The molecule has 0 N–H and O–H groups in total. The van der Waals surface area contributed by atoms with E-state index >= 15 is 0 Å². The summed E-state index contributed by atoms with van der Waals surface area (Å²) in [6.07, 6.45) is 9.09. The number of rotatable bonds is 7. The molecule has 0 bridgehead atoms. The molecule has 1 rings (SSSR count). The van der Waals surface area contributed by atoms with E-state index in [0.717, 1.165) is 23.8 Å². The van der Waals surface area contributed by atoms with Gasteiger partial charge in [-0.2, -0.15) is 0 Å². The number of allylic oxidation sites excluding steroid dienone is 4. The fourth-order valence-electron chi connectivity index (χ4n) is 3.33. The number of unbranched alkanes of at least 4 members (excludes halogenated alkanes) is 1. The van der Waals surface area contributed by atoms with Crippen LogP contribution in [0, 0.1) is 11.8 Å². The summed E-state index contributed by atoms with van der Waals surface area (Å²) >= 11 is 0. The van der Waals surface area contributed by atoms with E-state index < -0.39 is 0 Å². The van der Waals surface area contributed by atoms with Crippen molar-refractivity contribution in [3.8, 4) is 0 Å². The fourth-order valence-corrected chi connectivity index (χ4v) is 3.33. The molecule has 1 aliphatic rings. The predicted octanol–water partition coefficient (Wildman–Crippen LogP) is 6.45. The average molecular weight is 260 g/mol. The van der Waals surface area contributed by atoms with E-state index in [1.165, 1.54) is 44.1 Å². The molecule has 0 aliphatic heterocycles. The third kappa shape index (κ3) is 4.37. The van der Waals surface area contributed by atoms with Gasteiger partial charge in [-0.05, 0) is 57.8 Å². The summed E-state index contributed by atoms with van der Waals surface area (Å²) in [7, 11) is 0. The van der Waals surface area contributed by atoms with E-state index in [1.807, 2.05) is 0 Å². The molecule has 0 radical (unpaired) electrons. The van der Waals surface area contributed by atoms with Gasteiger partial charge in [-0.25, -0.2) is 0 Å². The molecule has 0 saturated carbocycles. The highest BCUT2D eigenvalue weighted by atomic mass is 14.3. The molecule has 0 aromatic rings. The summed E-state index contributed by atoms with van der Waals surface area (Å²) in [6.45, 7) is 17.4. The topological polar surface area (TPSA) is 0 Å². The highest BCUT2D eigenvalue weighted by molar-refractivity contribution is 5.28. The first-order chi connectivity index (χ1) is 9.01. The van der Waals surface area contributed by atoms with Crippen molar-refractivity contribution in [2.24, 2.45) is 11.8 Å². The molecule has 0 spiro atoms. The van der Waals surface area contributed by atoms with E-state index in [-0.39, 0.29) is 0 Å². The van der Waals surface area contributed by atoms with Crippen molar-refractivity contribution in [1.29, 1.82) is 0 Å². The van der Waals surface area contributed by atoms with Crippen molar-refractivity contribution in [2.75, 3.05) is 0 Å². The van der Waals surface area contributed by atoms with Gasteiger partial charge >= 0.3 is 0 Å². The van der Waals surface area contributed by atoms with Crippen LogP contribution in [0.25, 0.3) is 0 Å². The molecule has 0 nitrogen and oxygen atoms in total. The smallest absolute Gasteiger partial charge is 0.0135 e. The van der Waals surface area contributed by atoms with Crippen LogP contribution in [0.3, 0.4) is 0 Å². The Bertz CT molecular complexity index is 356. The van der Waals surface area contributed by atoms with Gasteiger partial charge in [0.05, 0.1) is 0 Å². The van der Waals surface area contributed by atoms with Gasteiger partial charge in [-0.15, -0.1) is 0 Å². The summed E-state index contributed by atoms with van der Waals surface area (Å²) in [5.41, 5.74) is 5.82. The van der Waals surface area contributed by atoms with Crippen LogP contribution in [0.5, 0.6) is 0 Å². The minimum atomic E-state index is 0.717. The largest absolute Gasteiger partial charge is 0.0959 e. The van der Waals surface area contributed by atoms with Gasteiger partial charge in [0.1, 0.15) is 0 Å². The second kappa shape index (κ2) is 7.72. The van der Waals surface area contributed by atoms with Crippen LogP contribution >= 0.6 is 0 Å². The maximum Gasteiger partial charge on any atom is -0.0135 e. The van der Waals surface area contributed by atoms with Crippen molar-refractivity contribution in [3.05, 3.63) is 35.5 Å². The minimum Gasteiger partial charge on any atom is -0.0959 e. The minimum absolute atomic E-state index is 0.717. The van der Waals surface area contributed by atoms with Crippen LogP contribution < -0.4 is 0 Å². The van der Waals surface area contributed by atoms with Gasteiger partial charge in [0.15, 0.2) is 0 Å². The maximum absolute atomic E-state index is 4.22. The Balaban J connectivity index is 2.86. The van der Waals surface area contributed by atoms with E-state index in [9.17, 15) is 0 Å². The normalized spacial score (nSPS) is 23.6. The van der Waals surface area contributed by atoms with Gasteiger partial charge in [0.2, 0.25) is 0 Å². The quantitative estimate of drug-likeness (QED) is 0.364. The van der Waals surface area contributed by atoms with E-state index in [2.05, 4.69) is 40.9 Å². The lowest BCUT2D eigenvalue weighted by Gasteiger charge is -2.35. The van der Waals surface area contributed by atoms with Crippen LogP contribution in [0.1, 0.15) is 72.6 Å². The van der Waals surface area contributed by atoms with Crippen LogP contribution in [-0.2, 0) is 0 Å². The summed E-state index contributed by atoms with van der Waals surface area (Å²) in [6, 6.07) is 0. The highest BCUT2D eigenvalue weighted by Gasteiger charge is 2.28. The zero-order valence-electron chi connectivity index (χ0n) is 13.5. The van der Waals surface area contributed by atoms with Crippen molar-refractivity contribution >= 4 is 0 Å². The average Bonchev–Trinajstić information content (AvgIpc) is 2.39. The van der Waals surface area contributed by atoms with E-state index in [4.69, 9.17) is 0 Å². The van der Waals surface area contributed by atoms with Crippen LogP contribution in [0.15, 0.2) is 35.5 Å². The first-order valence-corrected chi connectivity index (χ1v) is 8.03. The first kappa shape index (κ1) is 16.3. The molecular formula is C19H32. The lowest BCUT2D eigenvalue weighted by Crippen LogP contribution is -2.22. The van der Waals surface area contributed by atoms with Gasteiger partial charge in [-0.1, -0.05) is 62.1 Å². The summed E-state index contributed by atoms with van der Waals surface area (Å²) < 4.78 is 0. The summed E-state index contributed by atoms with van der Waals surface area (Å²) in [5, 5.41) is 0. The van der Waals surface area contributed by atoms with E-state index in [0.29, 0.717) is 0 Å². The molecule has 0 aromatic heterocycles. The molecule has 0 amide bonds. The number of hydrogen-bond donors (Lipinski definition) is 0. The third-order valence-corrected chi connectivity index (χ3v) is 4.93. The molecule has 0 heteroatoms. The molecule has 0 aromatic carbocycles. The highest BCUT2D eigenvalue weighted by Crippen LogP contribution is 2.41. The third-order valence-electron chi connectivity index (χ3n) is 4.93. The second-order valence-electron chi connectivity index (χ2n) is 6.29. The van der Waals surface area contributed by atoms with Gasteiger partial charge in [0.25, 0.3) is 0 Å². The van der Waals surface area contributed by atoms with Crippen LogP contribution in [-0.4, -0.2) is 0 Å². The molecule has 19 heavy (non-hydrogen) atoms. The van der Waals surface area contributed by atoms with Gasteiger partial charge in [-0.3, -0.25) is 0 Å². The predicted molar refractivity (Wildman–Crippen MR) is 87.3 cm³/mol. The Hall–Kier alpha value is -0.780. The SMILES string of the molecule is C=C(C)C(=C)C[C@@H]1C(C)=C(CCCC)CCC1CC. The van der Waals surface area contributed by atoms with Crippen molar-refractivity contribution in [3.63, 3.8) is 0 Å². The Morgan fingerprint density at radius 2 is 1.95 bits per heavy atom. The molecule has 0 fully saturated rings. The van der Waals surface area contributed by atoms with Gasteiger partial charge < -0.3 is 0 Å². The molecule has 0 saturated heterocycles. The maximum atomic E-state index is 4.22. The lowest BCUT2D eigenvalue weighted by molar-refractivity contribution is 0.316. The molecule has 1 unspecified atom stereocenters.